The Labute approximate surface area is 237 Å². The fourth-order valence-electron chi connectivity index (χ4n) is 5.79. The number of anilines is 2. The van der Waals surface area contributed by atoms with Crippen LogP contribution < -0.4 is 5.32 Å². The van der Waals surface area contributed by atoms with E-state index >= 15 is 0 Å². The van der Waals surface area contributed by atoms with Crippen molar-refractivity contribution in [2.45, 2.75) is 74.8 Å². The first kappa shape index (κ1) is 28.2. The Balaban J connectivity index is 1.47. The molecular weight excluding hydrogens is 554 g/mol. The number of hydrogen-bond acceptors (Lipinski definition) is 8. The van der Waals surface area contributed by atoms with Crippen LogP contribution in [0.3, 0.4) is 0 Å². The van der Waals surface area contributed by atoms with Crippen LogP contribution in [0.25, 0.3) is 11.2 Å². The molecule has 220 valence electrons. The molecular formula is C29H34F2N4O5S. The second-order valence-corrected chi connectivity index (χ2v) is 13.2. The summed E-state index contributed by atoms with van der Waals surface area (Å²) in [6, 6.07) is 6.90. The summed E-state index contributed by atoms with van der Waals surface area (Å²) < 4.78 is 67.2. The Morgan fingerprint density at radius 2 is 1.83 bits per heavy atom. The van der Waals surface area contributed by atoms with Gasteiger partial charge in [0.25, 0.3) is 6.43 Å². The Bertz CT molecular complexity index is 1560. The van der Waals surface area contributed by atoms with Crippen LogP contribution in [0.15, 0.2) is 29.2 Å². The number of benzene rings is 1. The molecule has 12 heteroatoms. The van der Waals surface area contributed by atoms with Crippen LogP contribution in [0, 0.1) is 5.92 Å². The van der Waals surface area contributed by atoms with Gasteiger partial charge in [-0.05, 0) is 74.6 Å². The number of fused-ring (bicyclic) bond motifs is 1. The number of Topliss-reactive ketones (excluding diaryl/α,β-unsaturated/α-hetero) is 1. The van der Waals surface area contributed by atoms with Crippen molar-refractivity contribution in [3.63, 3.8) is 0 Å². The summed E-state index contributed by atoms with van der Waals surface area (Å²) in [7, 11) is -3.66. The molecule has 3 aliphatic rings. The summed E-state index contributed by atoms with van der Waals surface area (Å²) in [5.74, 6) is -0.228. The number of aromatic nitrogens is 3. The number of alkyl halides is 2. The predicted molar refractivity (Wildman–Crippen MR) is 148 cm³/mol. The van der Waals surface area contributed by atoms with E-state index in [1.165, 1.54) is 4.57 Å². The van der Waals surface area contributed by atoms with Gasteiger partial charge in [-0.3, -0.25) is 9.36 Å². The maximum atomic E-state index is 14.3. The van der Waals surface area contributed by atoms with E-state index in [1.54, 1.807) is 18.2 Å². The maximum absolute atomic E-state index is 14.3. The fourth-order valence-corrected chi connectivity index (χ4v) is 6.66. The largest absolute Gasteiger partial charge is 0.381 e. The Morgan fingerprint density at radius 3 is 2.49 bits per heavy atom. The monoisotopic (exact) mass is 588 g/mol. The van der Waals surface area contributed by atoms with Gasteiger partial charge >= 0.3 is 0 Å². The summed E-state index contributed by atoms with van der Waals surface area (Å²) in [6.45, 7) is 1.68. The van der Waals surface area contributed by atoms with E-state index in [0.29, 0.717) is 43.3 Å². The average molecular weight is 589 g/mol. The molecule has 9 nitrogen and oxygen atoms in total. The van der Waals surface area contributed by atoms with Gasteiger partial charge in [0.05, 0.1) is 22.0 Å². The molecule has 3 aromatic rings. The molecule has 1 atom stereocenters. The summed E-state index contributed by atoms with van der Waals surface area (Å²) in [5.41, 5.74) is 2.30. The van der Waals surface area contributed by atoms with E-state index in [1.807, 2.05) is 6.07 Å². The van der Waals surface area contributed by atoms with Crippen LogP contribution in [-0.4, -0.2) is 54.8 Å². The summed E-state index contributed by atoms with van der Waals surface area (Å²) in [6.07, 6.45) is 3.13. The van der Waals surface area contributed by atoms with Gasteiger partial charge in [0.1, 0.15) is 17.5 Å². The molecule has 1 unspecified atom stereocenters. The van der Waals surface area contributed by atoms with Gasteiger partial charge in [0, 0.05) is 38.4 Å². The van der Waals surface area contributed by atoms with Crippen molar-refractivity contribution in [3.05, 3.63) is 41.3 Å². The number of ketones is 1. The van der Waals surface area contributed by atoms with E-state index in [4.69, 9.17) is 9.47 Å². The first-order valence-corrected chi connectivity index (χ1v) is 16.1. The Morgan fingerprint density at radius 1 is 1.05 bits per heavy atom. The number of rotatable bonds is 9. The molecule has 0 bridgehead atoms. The topological polar surface area (TPSA) is 112 Å². The number of imidazole rings is 1. The average Bonchev–Trinajstić information content (AvgIpc) is 3.74. The molecule has 1 N–H and O–H groups in total. The van der Waals surface area contributed by atoms with E-state index < -0.39 is 28.3 Å². The lowest BCUT2D eigenvalue weighted by Gasteiger charge is -2.25. The van der Waals surface area contributed by atoms with Crippen LogP contribution in [0.4, 0.5) is 20.2 Å². The number of sulfone groups is 1. The first-order chi connectivity index (χ1) is 19.7. The van der Waals surface area contributed by atoms with Gasteiger partial charge in [-0.15, -0.1) is 0 Å². The van der Waals surface area contributed by atoms with Gasteiger partial charge in [0.2, 0.25) is 0 Å². The molecule has 0 radical (unpaired) electrons. The normalized spacial score (nSPS) is 20.5. The number of carbonyl (C=O) groups excluding carboxylic acids is 1. The van der Waals surface area contributed by atoms with E-state index in [2.05, 4.69) is 15.3 Å². The molecule has 2 aromatic heterocycles. The lowest BCUT2D eigenvalue weighted by Crippen LogP contribution is -2.21. The number of nitrogens with one attached hydrogen (secondary N) is 1. The summed E-state index contributed by atoms with van der Waals surface area (Å²) in [4.78, 5) is 21.8. The first-order valence-electron chi connectivity index (χ1n) is 14.2. The van der Waals surface area contributed by atoms with E-state index in [0.717, 1.165) is 50.3 Å². The lowest BCUT2D eigenvalue weighted by molar-refractivity contribution is -0.119. The SMILES string of the molecule is CS(=O)(=O)c1cc(C2CCOCC2)ccc1Nc1cc(CC(=O)C2CC2)nc2c1nc(C(F)F)n2C1CCCCO1. The lowest BCUT2D eigenvalue weighted by atomic mass is 9.91. The number of pyridine rings is 1. The Kier molecular flexibility index (Phi) is 7.82. The van der Waals surface area contributed by atoms with Gasteiger partial charge in [-0.1, -0.05) is 6.07 Å². The van der Waals surface area contributed by atoms with Crippen molar-refractivity contribution < 1.29 is 31.5 Å². The Hall–Kier alpha value is -2.96. The van der Waals surface area contributed by atoms with Crippen molar-refractivity contribution in [1.29, 1.82) is 0 Å². The third-order valence-corrected chi connectivity index (χ3v) is 9.26. The summed E-state index contributed by atoms with van der Waals surface area (Å²) in [5, 5.41) is 3.18. The van der Waals surface area contributed by atoms with Gasteiger partial charge < -0.3 is 14.8 Å². The second kappa shape index (κ2) is 11.4. The van der Waals surface area contributed by atoms with Crippen molar-refractivity contribution in [2.24, 2.45) is 5.92 Å². The molecule has 1 saturated carbocycles. The van der Waals surface area contributed by atoms with Crippen LogP contribution in [-0.2, 0) is 30.5 Å². The number of halogens is 2. The van der Waals surface area contributed by atoms with Crippen molar-refractivity contribution in [3.8, 4) is 0 Å². The highest BCUT2D eigenvalue weighted by molar-refractivity contribution is 7.90. The number of carbonyl (C=O) groups is 1. The van der Waals surface area contributed by atoms with Crippen LogP contribution >= 0.6 is 0 Å². The van der Waals surface area contributed by atoms with Crippen LogP contribution in [0.5, 0.6) is 0 Å². The zero-order valence-corrected chi connectivity index (χ0v) is 23.8. The standard InChI is InChI=1S/C29H34F2N4O5S/c1-41(37,38)24-14-19(17-9-12-39-13-10-17)7-8-21(24)33-22-15-20(16-23(36)18-5-6-18)32-28-26(22)34-29(27(30)31)35(28)25-4-2-3-11-40-25/h7-8,14-15,17-18,25,27H,2-6,9-13,16H2,1H3,(H,32,33). The number of nitrogens with zero attached hydrogens (tertiary/aromatic N) is 3. The van der Waals surface area contributed by atoms with Gasteiger partial charge in [0.15, 0.2) is 21.3 Å². The molecule has 3 fully saturated rings. The van der Waals surface area contributed by atoms with E-state index in [9.17, 15) is 22.0 Å². The molecule has 0 spiro atoms. The summed E-state index contributed by atoms with van der Waals surface area (Å²) >= 11 is 0. The molecule has 41 heavy (non-hydrogen) atoms. The fraction of sp³-hybridized carbons (Fsp3) is 0.552. The number of ether oxygens (including phenoxy) is 2. The highest BCUT2D eigenvalue weighted by Crippen LogP contribution is 2.38. The minimum absolute atomic E-state index is 0.00156. The number of hydrogen-bond donors (Lipinski definition) is 1. The van der Waals surface area contributed by atoms with Crippen LogP contribution in [0.2, 0.25) is 0 Å². The third-order valence-electron chi connectivity index (χ3n) is 8.12. The maximum Gasteiger partial charge on any atom is 0.295 e. The molecule has 0 amide bonds. The highest BCUT2D eigenvalue weighted by Gasteiger charge is 2.32. The van der Waals surface area contributed by atoms with Crippen LogP contribution in [0.1, 0.15) is 80.6 Å². The molecule has 2 aliphatic heterocycles. The minimum atomic E-state index is -3.66. The molecule has 1 aromatic carbocycles. The highest BCUT2D eigenvalue weighted by atomic mass is 32.2. The molecule has 4 heterocycles. The van der Waals surface area contributed by atoms with Crippen molar-refractivity contribution >= 4 is 38.2 Å². The van der Waals surface area contributed by atoms with Crippen molar-refractivity contribution in [1.82, 2.24) is 14.5 Å². The quantitative estimate of drug-likeness (QED) is 0.342. The van der Waals surface area contributed by atoms with Crippen molar-refractivity contribution in [2.75, 3.05) is 31.4 Å². The zero-order valence-electron chi connectivity index (χ0n) is 22.9. The van der Waals surface area contributed by atoms with Gasteiger partial charge in [-0.2, -0.15) is 0 Å². The smallest absolute Gasteiger partial charge is 0.295 e. The van der Waals surface area contributed by atoms with E-state index in [-0.39, 0.29) is 40.1 Å². The second-order valence-electron chi connectivity index (χ2n) is 11.3. The predicted octanol–water partition coefficient (Wildman–Crippen LogP) is 5.63. The van der Waals surface area contributed by atoms with Gasteiger partial charge in [-0.25, -0.2) is 27.2 Å². The third kappa shape index (κ3) is 6.00. The molecule has 6 rings (SSSR count). The minimum Gasteiger partial charge on any atom is -0.381 e. The zero-order chi connectivity index (χ0) is 28.7. The molecule has 2 saturated heterocycles. The molecule has 1 aliphatic carbocycles.